The fourth-order valence-corrected chi connectivity index (χ4v) is 1.43. The number of H-pyrrole nitrogens is 1. The number of hydrogen-bond acceptors (Lipinski definition) is 3. The third-order valence-electron chi connectivity index (χ3n) is 2.36. The van der Waals surface area contributed by atoms with E-state index in [-0.39, 0.29) is 5.91 Å². The van der Waals surface area contributed by atoms with Crippen molar-refractivity contribution in [3.8, 4) is 11.3 Å². The van der Waals surface area contributed by atoms with Crippen LogP contribution in [0.5, 0.6) is 0 Å². The number of rotatable bonds is 4. The average Bonchev–Trinajstić information content (AvgIpc) is 2.90. The van der Waals surface area contributed by atoms with E-state index in [1.807, 2.05) is 13.0 Å². The molecule has 2 aromatic rings. The summed E-state index contributed by atoms with van der Waals surface area (Å²) in [6, 6.07) is 3.58. The third-order valence-corrected chi connectivity index (χ3v) is 2.36. The van der Waals surface area contributed by atoms with Crippen molar-refractivity contribution in [3.63, 3.8) is 0 Å². The number of pyridine rings is 1. The number of nitrogens with zero attached hydrogens (tertiary/aromatic N) is 2. The van der Waals surface area contributed by atoms with E-state index in [1.54, 1.807) is 24.7 Å². The van der Waals surface area contributed by atoms with Gasteiger partial charge in [-0.15, -0.1) is 0 Å². The zero-order valence-corrected chi connectivity index (χ0v) is 9.60. The maximum absolute atomic E-state index is 11.6. The first-order valence-corrected chi connectivity index (χ1v) is 5.54. The molecule has 0 bridgehead atoms. The molecule has 0 aliphatic rings. The van der Waals surface area contributed by atoms with Crippen LogP contribution in [0.1, 0.15) is 23.7 Å². The van der Waals surface area contributed by atoms with Crippen molar-refractivity contribution in [2.75, 3.05) is 6.54 Å². The summed E-state index contributed by atoms with van der Waals surface area (Å²) in [5.74, 6) is -0.0851. The number of nitrogens with one attached hydrogen (secondary N) is 2. The van der Waals surface area contributed by atoms with Gasteiger partial charge >= 0.3 is 0 Å². The molecule has 2 heterocycles. The predicted molar refractivity (Wildman–Crippen MR) is 64.4 cm³/mol. The van der Waals surface area contributed by atoms with Gasteiger partial charge in [0, 0.05) is 24.5 Å². The monoisotopic (exact) mass is 230 g/mol. The molecule has 0 fully saturated rings. The Bertz CT molecular complexity index is 476. The molecule has 0 aliphatic carbocycles. The Morgan fingerprint density at radius 2 is 2.29 bits per heavy atom. The molecule has 0 unspecified atom stereocenters. The maximum Gasteiger partial charge on any atom is 0.252 e. The first-order chi connectivity index (χ1) is 8.31. The Hall–Kier alpha value is -2.17. The normalized spacial score (nSPS) is 10.2. The van der Waals surface area contributed by atoms with Crippen LogP contribution in [0.25, 0.3) is 11.3 Å². The highest BCUT2D eigenvalue weighted by Crippen LogP contribution is 2.14. The van der Waals surface area contributed by atoms with Crippen molar-refractivity contribution >= 4 is 5.91 Å². The molecule has 2 rings (SSSR count). The number of carbonyl (C=O) groups is 1. The van der Waals surface area contributed by atoms with Crippen LogP contribution < -0.4 is 5.32 Å². The molecule has 0 spiro atoms. The Morgan fingerprint density at radius 3 is 2.88 bits per heavy atom. The largest absolute Gasteiger partial charge is 0.352 e. The molecule has 5 nitrogen and oxygen atoms in total. The van der Waals surface area contributed by atoms with Gasteiger partial charge in [0.15, 0.2) is 0 Å². The molecule has 2 aromatic heterocycles. The standard InChI is InChI=1S/C12H14N4O/c1-2-5-13-12(17)9-3-4-11(14-6-9)10-7-15-16-8-10/h3-4,6-8H,2,5H2,1H3,(H,13,17)(H,15,16). The highest BCUT2D eigenvalue weighted by molar-refractivity contribution is 5.94. The average molecular weight is 230 g/mol. The minimum absolute atomic E-state index is 0.0851. The summed E-state index contributed by atoms with van der Waals surface area (Å²) < 4.78 is 0. The van der Waals surface area contributed by atoms with Crippen molar-refractivity contribution in [2.45, 2.75) is 13.3 Å². The Balaban J connectivity index is 2.10. The van der Waals surface area contributed by atoms with Crippen LogP contribution in [0, 0.1) is 0 Å². The van der Waals surface area contributed by atoms with E-state index in [0.29, 0.717) is 12.1 Å². The fourth-order valence-electron chi connectivity index (χ4n) is 1.43. The van der Waals surface area contributed by atoms with Crippen LogP contribution in [-0.4, -0.2) is 27.6 Å². The summed E-state index contributed by atoms with van der Waals surface area (Å²) in [6.07, 6.45) is 5.96. The van der Waals surface area contributed by atoms with Crippen LogP contribution >= 0.6 is 0 Å². The molecule has 0 saturated heterocycles. The third kappa shape index (κ3) is 2.69. The van der Waals surface area contributed by atoms with Gasteiger partial charge in [-0.2, -0.15) is 5.10 Å². The molecule has 0 aliphatic heterocycles. The minimum atomic E-state index is -0.0851. The number of hydrogen-bond donors (Lipinski definition) is 2. The lowest BCUT2D eigenvalue weighted by atomic mass is 10.2. The minimum Gasteiger partial charge on any atom is -0.352 e. The topological polar surface area (TPSA) is 70.7 Å². The summed E-state index contributed by atoms with van der Waals surface area (Å²) in [4.78, 5) is 15.9. The van der Waals surface area contributed by atoms with E-state index < -0.39 is 0 Å². The summed E-state index contributed by atoms with van der Waals surface area (Å²) in [7, 11) is 0. The van der Waals surface area contributed by atoms with Gasteiger partial charge in [0.1, 0.15) is 0 Å². The van der Waals surface area contributed by atoms with Gasteiger partial charge in [-0.1, -0.05) is 6.92 Å². The second-order valence-corrected chi connectivity index (χ2v) is 3.67. The summed E-state index contributed by atoms with van der Waals surface area (Å²) in [5, 5.41) is 9.38. The fraction of sp³-hybridized carbons (Fsp3) is 0.250. The van der Waals surface area contributed by atoms with Gasteiger partial charge in [0.05, 0.1) is 17.5 Å². The van der Waals surface area contributed by atoms with Gasteiger partial charge in [-0.05, 0) is 18.6 Å². The number of aromatic amines is 1. The van der Waals surface area contributed by atoms with Crippen LogP contribution in [0.3, 0.4) is 0 Å². The zero-order valence-electron chi connectivity index (χ0n) is 9.60. The van der Waals surface area contributed by atoms with E-state index >= 15 is 0 Å². The maximum atomic E-state index is 11.6. The molecule has 0 atom stereocenters. The molecule has 0 aromatic carbocycles. The van der Waals surface area contributed by atoms with Crippen molar-refractivity contribution < 1.29 is 4.79 Å². The van der Waals surface area contributed by atoms with Crippen LogP contribution in [0.4, 0.5) is 0 Å². The van der Waals surface area contributed by atoms with E-state index in [1.165, 1.54) is 0 Å². The number of carbonyl (C=O) groups excluding carboxylic acids is 1. The molecule has 88 valence electrons. The molecule has 1 amide bonds. The molecule has 5 heteroatoms. The summed E-state index contributed by atoms with van der Waals surface area (Å²) >= 11 is 0. The van der Waals surface area contributed by atoms with Gasteiger partial charge in [0.25, 0.3) is 5.91 Å². The van der Waals surface area contributed by atoms with E-state index in [2.05, 4.69) is 20.5 Å². The highest BCUT2D eigenvalue weighted by atomic mass is 16.1. The lowest BCUT2D eigenvalue weighted by Gasteiger charge is -2.03. The first kappa shape index (κ1) is 11.3. The first-order valence-electron chi connectivity index (χ1n) is 5.54. The molecule has 0 saturated carbocycles. The van der Waals surface area contributed by atoms with Gasteiger partial charge in [-0.25, -0.2) is 0 Å². The number of aromatic nitrogens is 3. The van der Waals surface area contributed by atoms with Gasteiger partial charge < -0.3 is 5.32 Å². The van der Waals surface area contributed by atoms with E-state index in [9.17, 15) is 4.79 Å². The van der Waals surface area contributed by atoms with Crippen molar-refractivity contribution in [1.29, 1.82) is 0 Å². The molecule has 0 radical (unpaired) electrons. The smallest absolute Gasteiger partial charge is 0.252 e. The lowest BCUT2D eigenvalue weighted by Crippen LogP contribution is -2.23. The van der Waals surface area contributed by atoms with Crippen molar-refractivity contribution in [3.05, 3.63) is 36.3 Å². The van der Waals surface area contributed by atoms with Crippen molar-refractivity contribution in [2.24, 2.45) is 0 Å². The highest BCUT2D eigenvalue weighted by Gasteiger charge is 2.06. The van der Waals surface area contributed by atoms with Crippen molar-refractivity contribution in [1.82, 2.24) is 20.5 Å². The van der Waals surface area contributed by atoms with Crippen LogP contribution in [0.2, 0.25) is 0 Å². The van der Waals surface area contributed by atoms with E-state index in [0.717, 1.165) is 17.7 Å². The molecule has 2 N–H and O–H groups in total. The SMILES string of the molecule is CCCNC(=O)c1ccc(-c2cn[nH]c2)nc1. The molecular formula is C12H14N4O. The second kappa shape index (κ2) is 5.25. The van der Waals surface area contributed by atoms with Gasteiger partial charge in [-0.3, -0.25) is 14.9 Å². The lowest BCUT2D eigenvalue weighted by molar-refractivity contribution is 0.0953. The Labute approximate surface area is 99.3 Å². The number of amides is 1. The Morgan fingerprint density at radius 1 is 1.41 bits per heavy atom. The molecule has 17 heavy (non-hydrogen) atoms. The van der Waals surface area contributed by atoms with Crippen LogP contribution in [-0.2, 0) is 0 Å². The quantitative estimate of drug-likeness (QED) is 0.838. The van der Waals surface area contributed by atoms with E-state index in [4.69, 9.17) is 0 Å². The van der Waals surface area contributed by atoms with Gasteiger partial charge in [0.2, 0.25) is 0 Å². The zero-order chi connectivity index (χ0) is 12.1. The molecular weight excluding hydrogens is 216 g/mol. The van der Waals surface area contributed by atoms with Crippen LogP contribution in [0.15, 0.2) is 30.7 Å². The summed E-state index contributed by atoms with van der Waals surface area (Å²) in [6.45, 7) is 2.70. The second-order valence-electron chi connectivity index (χ2n) is 3.67. The predicted octanol–water partition coefficient (Wildman–Crippen LogP) is 1.61. The Kier molecular flexibility index (Phi) is 3.49. The summed E-state index contributed by atoms with van der Waals surface area (Å²) in [5.41, 5.74) is 2.28.